The molecule has 0 fully saturated rings. The van der Waals surface area contributed by atoms with Crippen molar-refractivity contribution in [2.75, 3.05) is 39.9 Å². The minimum Gasteiger partial charge on any atom is -0.497 e. The van der Waals surface area contributed by atoms with E-state index in [-0.39, 0.29) is 17.7 Å². The molecule has 0 atom stereocenters. The van der Waals surface area contributed by atoms with Crippen molar-refractivity contribution >= 4 is 5.95 Å². The lowest BCUT2D eigenvalue weighted by Gasteiger charge is -2.25. The first kappa shape index (κ1) is 25.8. The van der Waals surface area contributed by atoms with Gasteiger partial charge in [0.15, 0.2) is 0 Å². The standard InChI is InChI=1S/C24H27F2N3O6/c1-31-18-9-5-16(6-10-18)13-29(14-17-7-11-19(32-2)12-8-17)23-27-21(33-3)20(22(28-23)34-4)35-24(25,26)15-30/h5-12,30H,13-15H2,1-4H3. The molecule has 188 valence electrons. The van der Waals surface area contributed by atoms with E-state index in [0.717, 1.165) is 11.1 Å². The van der Waals surface area contributed by atoms with Crippen LogP contribution in [0.3, 0.4) is 0 Å². The minimum absolute atomic E-state index is 0.157. The van der Waals surface area contributed by atoms with E-state index in [2.05, 4.69) is 14.7 Å². The second-order valence-corrected chi connectivity index (χ2v) is 7.32. The Hall–Kier alpha value is -3.86. The largest absolute Gasteiger partial charge is 0.497 e. The van der Waals surface area contributed by atoms with Crippen molar-refractivity contribution in [1.82, 2.24) is 9.97 Å². The number of rotatable bonds is 12. The highest BCUT2D eigenvalue weighted by Crippen LogP contribution is 2.39. The molecule has 0 aliphatic rings. The molecule has 35 heavy (non-hydrogen) atoms. The Labute approximate surface area is 201 Å². The fourth-order valence-corrected chi connectivity index (χ4v) is 3.19. The minimum atomic E-state index is -3.88. The van der Waals surface area contributed by atoms with E-state index < -0.39 is 18.5 Å². The number of alkyl halides is 2. The maximum Gasteiger partial charge on any atom is 0.422 e. The van der Waals surface area contributed by atoms with E-state index in [1.54, 1.807) is 14.2 Å². The van der Waals surface area contributed by atoms with Crippen molar-refractivity contribution in [3.8, 4) is 29.0 Å². The number of aromatic nitrogens is 2. The van der Waals surface area contributed by atoms with Crippen molar-refractivity contribution < 1.29 is 37.6 Å². The molecule has 0 bridgehead atoms. The highest BCUT2D eigenvalue weighted by Gasteiger charge is 2.35. The molecule has 0 amide bonds. The number of hydrogen-bond donors (Lipinski definition) is 1. The van der Waals surface area contributed by atoms with Gasteiger partial charge in [-0.25, -0.2) is 0 Å². The summed E-state index contributed by atoms with van der Waals surface area (Å²) in [5.41, 5.74) is 1.85. The predicted octanol–water partition coefficient (Wildman–Crippen LogP) is 3.68. The van der Waals surface area contributed by atoms with Crippen molar-refractivity contribution in [3.05, 3.63) is 59.7 Å². The monoisotopic (exact) mass is 491 g/mol. The van der Waals surface area contributed by atoms with Crippen LogP contribution in [-0.2, 0) is 13.1 Å². The summed E-state index contributed by atoms with van der Waals surface area (Å²) < 4.78 is 53.0. The first-order valence-electron chi connectivity index (χ1n) is 10.5. The second-order valence-electron chi connectivity index (χ2n) is 7.32. The van der Waals surface area contributed by atoms with Gasteiger partial charge in [0.25, 0.3) is 11.8 Å². The van der Waals surface area contributed by atoms with Gasteiger partial charge in [0.2, 0.25) is 11.7 Å². The molecule has 0 aliphatic carbocycles. The zero-order valence-electron chi connectivity index (χ0n) is 19.8. The molecule has 0 radical (unpaired) electrons. The molecule has 2 aromatic carbocycles. The number of aliphatic hydroxyl groups excluding tert-OH is 1. The molecule has 3 aromatic rings. The van der Waals surface area contributed by atoms with Crippen molar-refractivity contribution in [2.45, 2.75) is 19.2 Å². The van der Waals surface area contributed by atoms with Gasteiger partial charge < -0.3 is 33.7 Å². The Morgan fingerprint density at radius 2 is 1.17 bits per heavy atom. The third kappa shape index (κ3) is 6.60. The highest BCUT2D eigenvalue weighted by atomic mass is 19.3. The van der Waals surface area contributed by atoms with Crippen molar-refractivity contribution in [1.29, 1.82) is 0 Å². The molecule has 9 nitrogen and oxygen atoms in total. The zero-order chi connectivity index (χ0) is 25.4. The van der Waals surface area contributed by atoms with Gasteiger partial charge in [-0.15, -0.1) is 0 Å². The van der Waals surface area contributed by atoms with Crippen LogP contribution in [-0.4, -0.2) is 56.2 Å². The number of aliphatic hydroxyl groups is 1. The van der Waals surface area contributed by atoms with Crippen LogP contribution < -0.4 is 28.6 Å². The SMILES string of the molecule is COc1ccc(CN(Cc2ccc(OC)cc2)c2nc(OC)c(OC(F)(F)CO)c(OC)n2)cc1. The van der Waals surface area contributed by atoms with Gasteiger partial charge in [-0.05, 0) is 35.4 Å². The van der Waals surface area contributed by atoms with Crippen LogP contribution in [0.2, 0.25) is 0 Å². The number of benzene rings is 2. The molecule has 1 aromatic heterocycles. The summed E-state index contributed by atoms with van der Waals surface area (Å²) >= 11 is 0. The third-order valence-corrected chi connectivity index (χ3v) is 4.96. The van der Waals surface area contributed by atoms with Crippen LogP contribution in [0.1, 0.15) is 11.1 Å². The molecule has 1 N–H and O–H groups in total. The Bertz CT molecular complexity index is 1020. The third-order valence-electron chi connectivity index (χ3n) is 4.96. The van der Waals surface area contributed by atoms with Gasteiger partial charge >= 0.3 is 6.11 Å². The molecule has 0 aliphatic heterocycles. The lowest BCUT2D eigenvalue weighted by Crippen LogP contribution is -2.30. The average molecular weight is 491 g/mol. The highest BCUT2D eigenvalue weighted by molar-refractivity contribution is 5.49. The lowest BCUT2D eigenvalue weighted by atomic mass is 10.1. The van der Waals surface area contributed by atoms with E-state index in [0.29, 0.717) is 24.6 Å². The smallest absolute Gasteiger partial charge is 0.422 e. The van der Waals surface area contributed by atoms with Gasteiger partial charge in [0.1, 0.15) is 18.1 Å². The predicted molar refractivity (Wildman–Crippen MR) is 124 cm³/mol. The van der Waals surface area contributed by atoms with Crippen molar-refractivity contribution in [2.24, 2.45) is 0 Å². The molecular formula is C24H27F2N3O6. The Kier molecular flexibility index (Phi) is 8.48. The summed E-state index contributed by atoms with van der Waals surface area (Å²) in [5, 5.41) is 8.90. The zero-order valence-corrected chi connectivity index (χ0v) is 19.8. The number of ether oxygens (including phenoxy) is 5. The van der Waals surface area contributed by atoms with Crippen molar-refractivity contribution in [3.63, 3.8) is 0 Å². The van der Waals surface area contributed by atoms with Crippen LogP contribution in [0.4, 0.5) is 14.7 Å². The van der Waals surface area contributed by atoms with E-state index in [4.69, 9.17) is 24.1 Å². The van der Waals surface area contributed by atoms with Gasteiger partial charge in [0.05, 0.1) is 28.4 Å². The second kappa shape index (κ2) is 11.5. The van der Waals surface area contributed by atoms with Crippen LogP contribution >= 0.6 is 0 Å². The normalized spacial score (nSPS) is 11.1. The Morgan fingerprint density at radius 1 is 0.743 bits per heavy atom. The van der Waals surface area contributed by atoms with Crippen LogP contribution in [0.5, 0.6) is 29.0 Å². The number of hydrogen-bond acceptors (Lipinski definition) is 9. The topological polar surface area (TPSA) is 95.4 Å². The quantitative estimate of drug-likeness (QED) is 0.407. The van der Waals surface area contributed by atoms with Crippen LogP contribution in [0, 0.1) is 0 Å². The first-order chi connectivity index (χ1) is 16.8. The van der Waals surface area contributed by atoms with E-state index in [1.165, 1.54) is 14.2 Å². The summed E-state index contributed by atoms with van der Waals surface area (Å²) in [6.07, 6.45) is -3.88. The molecule has 0 saturated carbocycles. The lowest BCUT2D eigenvalue weighted by molar-refractivity contribution is -0.202. The maximum atomic E-state index is 13.8. The van der Waals surface area contributed by atoms with Gasteiger partial charge in [-0.3, -0.25) is 0 Å². The van der Waals surface area contributed by atoms with Gasteiger partial charge in [-0.2, -0.15) is 18.7 Å². The summed E-state index contributed by atoms with van der Waals surface area (Å²) in [4.78, 5) is 10.4. The summed E-state index contributed by atoms with van der Waals surface area (Å²) in [6, 6.07) is 14.9. The summed E-state index contributed by atoms with van der Waals surface area (Å²) in [6.45, 7) is -0.799. The molecule has 0 spiro atoms. The molecule has 0 saturated heterocycles. The van der Waals surface area contributed by atoms with E-state index in [9.17, 15) is 8.78 Å². The van der Waals surface area contributed by atoms with Crippen LogP contribution in [0.25, 0.3) is 0 Å². The van der Waals surface area contributed by atoms with E-state index in [1.807, 2.05) is 53.4 Å². The molecule has 0 unspecified atom stereocenters. The van der Waals surface area contributed by atoms with Gasteiger partial charge in [-0.1, -0.05) is 24.3 Å². The average Bonchev–Trinajstić information content (AvgIpc) is 2.89. The number of nitrogens with zero attached hydrogens (tertiary/aromatic N) is 3. The fraction of sp³-hybridized carbons (Fsp3) is 0.333. The number of methoxy groups -OCH3 is 4. The summed E-state index contributed by atoms with van der Waals surface area (Å²) in [7, 11) is 5.68. The number of anilines is 1. The molecule has 11 heteroatoms. The molecule has 3 rings (SSSR count). The Morgan fingerprint density at radius 3 is 1.51 bits per heavy atom. The Balaban J connectivity index is 2.02. The van der Waals surface area contributed by atoms with E-state index >= 15 is 0 Å². The fourth-order valence-electron chi connectivity index (χ4n) is 3.19. The molecular weight excluding hydrogens is 464 g/mol. The molecule has 1 heterocycles. The number of halogens is 2. The maximum absolute atomic E-state index is 13.8. The van der Waals surface area contributed by atoms with Crippen LogP contribution in [0.15, 0.2) is 48.5 Å². The summed E-state index contributed by atoms with van der Waals surface area (Å²) in [5.74, 6) is 0.517. The first-order valence-corrected chi connectivity index (χ1v) is 10.5. The van der Waals surface area contributed by atoms with Gasteiger partial charge in [0, 0.05) is 13.1 Å².